The molecule has 1 fully saturated rings. The Labute approximate surface area is 204 Å². The van der Waals surface area contributed by atoms with Crippen molar-refractivity contribution in [1.29, 1.82) is 0 Å². The molecule has 9 heteroatoms. The number of hydrogen-bond donors (Lipinski definition) is 1. The molecule has 3 heterocycles. The number of carbonyl (C=O) groups excluding carboxylic acids is 2. The van der Waals surface area contributed by atoms with E-state index >= 15 is 0 Å². The first-order valence-corrected chi connectivity index (χ1v) is 12.7. The fourth-order valence-corrected chi connectivity index (χ4v) is 5.44. The van der Waals surface area contributed by atoms with Crippen molar-refractivity contribution in [1.82, 2.24) is 15.1 Å². The van der Waals surface area contributed by atoms with Crippen LogP contribution in [0.15, 0.2) is 35.7 Å². The van der Waals surface area contributed by atoms with E-state index in [4.69, 9.17) is 14.2 Å². The van der Waals surface area contributed by atoms with Gasteiger partial charge in [-0.2, -0.15) is 0 Å². The lowest BCUT2D eigenvalue weighted by Crippen LogP contribution is -2.51. The maximum Gasteiger partial charge on any atom is 0.317 e. The number of thiophene rings is 1. The maximum absolute atomic E-state index is 13.5. The predicted molar refractivity (Wildman–Crippen MR) is 131 cm³/mol. The fraction of sp³-hybridized carbons (Fsp3) is 0.520. The van der Waals surface area contributed by atoms with Gasteiger partial charge in [0, 0.05) is 37.2 Å². The Morgan fingerprint density at radius 1 is 1.29 bits per heavy atom. The van der Waals surface area contributed by atoms with Gasteiger partial charge in [0.15, 0.2) is 0 Å². The summed E-state index contributed by atoms with van der Waals surface area (Å²) in [7, 11) is 1.62. The van der Waals surface area contributed by atoms with Crippen molar-refractivity contribution in [2.75, 3.05) is 46.5 Å². The van der Waals surface area contributed by atoms with E-state index in [1.165, 1.54) is 4.88 Å². The molecular weight excluding hydrogens is 454 g/mol. The number of ether oxygens (including phenoxy) is 3. The van der Waals surface area contributed by atoms with Crippen molar-refractivity contribution in [3.8, 4) is 11.5 Å². The number of rotatable bonds is 9. The summed E-state index contributed by atoms with van der Waals surface area (Å²) in [6.45, 7) is 4.45. The van der Waals surface area contributed by atoms with Crippen LogP contribution in [0.1, 0.15) is 36.2 Å². The van der Waals surface area contributed by atoms with Gasteiger partial charge in [0.2, 0.25) is 5.91 Å². The summed E-state index contributed by atoms with van der Waals surface area (Å²) in [4.78, 5) is 31.0. The van der Waals surface area contributed by atoms with Gasteiger partial charge in [-0.1, -0.05) is 6.07 Å². The van der Waals surface area contributed by atoms with Crippen molar-refractivity contribution in [3.05, 3.63) is 46.2 Å². The largest absolute Gasteiger partial charge is 0.497 e. The van der Waals surface area contributed by atoms with Gasteiger partial charge in [0.05, 0.1) is 19.3 Å². The molecule has 34 heavy (non-hydrogen) atoms. The molecule has 2 atom stereocenters. The van der Waals surface area contributed by atoms with E-state index in [9.17, 15) is 9.59 Å². The molecule has 2 aromatic rings. The SMILES string of the molecule is CCNC(=O)N(CC(=O)N1CCc2sccc2C1COc1cccc(OC)c1)CC1CCCO1. The van der Waals surface area contributed by atoms with E-state index in [1.54, 1.807) is 23.3 Å². The molecule has 0 aliphatic carbocycles. The van der Waals surface area contributed by atoms with Gasteiger partial charge in [-0.3, -0.25) is 4.79 Å². The topological polar surface area (TPSA) is 80.3 Å². The molecule has 0 spiro atoms. The third-order valence-corrected chi connectivity index (χ3v) is 7.25. The van der Waals surface area contributed by atoms with Gasteiger partial charge in [-0.15, -0.1) is 11.3 Å². The third kappa shape index (κ3) is 5.82. The molecule has 0 radical (unpaired) electrons. The molecule has 1 N–H and O–H groups in total. The molecule has 4 rings (SSSR count). The van der Waals surface area contributed by atoms with Crippen LogP contribution in [0, 0.1) is 0 Å². The minimum Gasteiger partial charge on any atom is -0.497 e. The minimum atomic E-state index is -0.233. The first-order valence-electron chi connectivity index (χ1n) is 11.9. The molecule has 1 saturated heterocycles. The van der Waals surface area contributed by atoms with Crippen molar-refractivity contribution in [3.63, 3.8) is 0 Å². The molecule has 8 nitrogen and oxygen atoms in total. The summed E-state index contributed by atoms with van der Waals surface area (Å²) in [5.41, 5.74) is 1.12. The van der Waals surface area contributed by atoms with Crippen LogP contribution in [-0.4, -0.2) is 74.3 Å². The van der Waals surface area contributed by atoms with E-state index in [0.717, 1.165) is 30.6 Å². The second kappa shape index (κ2) is 11.6. The fourth-order valence-electron chi connectivity index (χ4n) is 4.51. The quantitative estimate of drug-likeness (QED) is 0.586. The van der Waals surface area contributed by atoms with Crippen LogP contribution in [0.25, 0.3) is 0 Å². The number of nitrogens with one attached hydrogen (secondary N) is 1. The molecule has 1 aromatic heterocycles. The van der Waals surface area contributed by atoms with Crippen LogP contribution < -0.4 is 14.8 Å². The highest BCUT2D eigenvalue weighted by Crippen LogP contribution is 2.34. The Morgan fingerprint density at radius 3 is 2.91 bits per heavy atom. The van der Waals surface area contributed by atoms with Crippen molar-refractivity contribution in [2.45, 2.75) is 38.3 Å². The second-order valence-corrected chi connectivity index (χ2v) is 9.49. The standard InChI is InChI=1S/C25H33N3O5S/c1-3-26-25(30)27(15-20-8-5-12-32-20)16-24(29)28-11-9-23-21(10-13-34-23)22(28)17-33-19-7-4-6-18(14-19)31-2/h4,6-7,10,13-14,20,22H,3,5,8-9,11-12,15-17H2,1-2H3,(H,26,30). The molecular formula is C25H33N3O5S. The Kier molecular flexibility index (Phi) is 8.29. The number of hydrogen-bond acceptors (Lipinski definition) is 6. The van der Waals surface area contributed by atoms with Crippen LogP contribution >= 0.6 is 11.3 Å². The van der Waals surface area contributed by atoms with E-state index in [0.29, 0.717) is 38.6 Å². The molecule has 184 valence electrons. The van der Waals surface area contributed by atoms with E-state index in [1.807, 2.05) is 36.1 Å². The summed E-state index contributed by atoms with van der Waals surface area (Å²) in [5, 5.41) is 4.90. The normalized spacial score (nSPS) is 19.4. The Hall–Kier alpha value is -2.78. The zero-order valence-corrected chi connectivity index (χ0v) is 20.6. The van der Waals surface area contributed by atoms with Gasteiger partial charge in [0.25, 0.3) is 0 Å². The van der Waals surface area contributed by atoms with Gasteiger partial charge >= 0.3 is 6.03 Å². The number of nitrogens with zero attached hydrogens (tertiary/aromatic N) is 2. The first kappa shape index (κ1) is 24.3. The number of methoxy groups -OCH3 is 1. The third-order valence-electron chi connectivity index (χ3n) is 6.25. The average Bonchev–Trinajstić information content (AvgIpc) is 3.54. The molecule has 2 unspecified atom stereocenters. The highest BCUT2D eigenvalue weighted by molar-refractivity contribution is 7.10. The number of benzene rings is 1. The molecule has 3 amide bonds. The lowest BCUT2D eigenvalue weighted by molar-refractivity contribution is -0.135. The zero-order valence-electron chi connectivity index (χ0n) is 19.8. The summed E-state index contributed by atoms with van der Waals surface area (Å²) >= 11 is 1.71. The van der Waals surface area contributed by atoms with Crippen LogP contribution in [-0.2, 0) is 16.0 Å². The highest BCUT2D eigenvalue weighted by atomic mass is 32.1. The second-order valence-electron chi connectivity index (χ2n) is 8.49. The highest BCUT2D eigenvalue weighted by Gasteiger charge is 2.34. The number of urea groups is 1. The van der Waals surface area contributed by atoms with E-state index in [-0.39, 0.29) is 30.6 Å². The summed E-state index contributed by atoms with van der Waals surface area (Å²) < 4.78 is 17.1. The maximum atomic E-state index is 13.5. The van der Waals surface area contributed by atoms with Crippen LogP contribution in [0.3, 0.4) is 0 Å². The summed E-state index contributed by atoms with van der Waals surface area (Å²) in [5.74, 6) is 1.33. The van der Waals surface area contributed by atoms with Crippen LogP contribution in [0.4, 0.5) is 4.79 Å². The van der Waals surface area contributed by atoms with Crippen molar-refractivity contribution in [2.24, 2.45) is 0 Å². The summed E-state index contributed by atoms with van der Waals surface area (Å²) in [6.07, 6.45) is 2.68. The van der Waals surface area contributed by atoms with Crippen molar-refractivity contribution >= 4 is 23.3 Å². The smallest absolute Gasteiger partial charge is 0.317 e. The first-order chi connectivity index (χ1) is 16.6. The Balaban J connectivity index is 1.48. The predicted octanol–water partition coefficient (Wildman–Crippen LogP) is 3.47. The molecule has 1 aromatic carbocycles. The van der Waals surface area contributed by atoms with Gasteiger partial charge in [0.1, 0.15) is 24.7 Å². The summed E-state index contributed by atoms with van der Waals surface area (Å²) in [6, 6.07) is 9.09. The lowest BCUT2D eigenvalue weighted by atomic mass is 10.0. The van der Waals surface area contributed by atoms with E-state index in [2.05, 4.69) is 16.8 Å². The van der Waals surface area contributed by atoms with Gasteiger partial charge < -0.3 is 29.3 Å². The number of carbonyl (C=O) groups is 2. The zero-order chi connectivity index (χ0) is 23.9. The molecule has 2 aliphatic rings. The van der Waals surface area contributed by atoms with Gasteiger partial charge in [-0.25, -0.2) is 4.79 Å². The van der Waals surface area contributed by atoms with Crippen LogP contribution in [0.2, 0.25) is 0 Å². The molecule has 2 aliphatic heterocycles. The number of fused-ring (bicyclic) bond motifs is 1. The Morgan fingerprint density at radius 2 is 2.15 bits per heavy atom. The Bertz CT molecular complexity index is 975. The van der Waals surface area contributed by atoms with E-state index < -0.39 is 0 Å². The number of amides is 3. The van der Waals surface area contributed by atoms with Crippen LogP contribution in [0.5, 0.6) is 11.5 Å². The van der Waals surface area contributed by atoms with Gasteiger partial charge in [-0.05, 0) is 55.3 Å². The lowest BCUT2D eigenvalue weighted by Gasteiger charge is -2.37. The molecule has 0 saturated carbocycles. The monoisotopic (exact) mass is 487 g/mol. The van der Waals surface area contributed by atoms with Crippen molar-refractivity contribution < 1.29 is 23.8 Å². The average molecular weight is 488 g/mol. The minimum absolute atomic E-state index is 0.0147. The molecule has 0 bridgehead atoms.